The molecule has 9 heteroatoms. The topological polar surface area (TPSA) is 79.2 Å². The predicted molar refractivity (Wildman–Crippen MR) is 193 cm³/mol. The molecule has 0 amide bonds. The number of piperazine rings is 1. The minimum absolute atomic E-state index is 0.00459. The zero-order chi connectivity index (χ0) is 32.0. The van der Waals surface area contributed by atoms with Gasteiger partial charge in [-0.1, -0.05) is 12.1 Å². The molecule has 8 nitrogen and oxygen atoms in total. The number of nitrogens with one attached hydrogen (secondary N) is 1. The van der Waals surface area contributed by atoms with Crippen LogP contribution in [-0.4, -0.2) is 66.7 Å². The van der Waals surface area contributed by atoms with Crippen molar-refractivity contribution in [1.82, 2.24) is 9.47 Å². The lowest BCUT2D eigenvalue weighted by Crippen LogP contribution is -2.46. The lowest BCUT2D eigenvalue weighted by atomic mass is 10.1. The lowest BCUT2D eigenvalue weighted by Gasteiger charge is -2.36. The molecule has 0 radical (unpaired) electrons. The molecule has 7 rings (SSSR count). The van der Waals surface area contributed by atoms with Crippen LogP contribution in [0.25, 0.3) is 27.1 Å². The summed E-state index contributed by atoms with van der Waals surface area (Å²) < 4.78 is 15.3. The summed E-state index contributed by atoms with van der Waals surface area (Å²) in [5.74, 6) is 1.56. The van der Waals surface area contributed by atoms with E-state index in [4.69, 9.17) is 9.47 Å². The first-order valence-electron chi connectivity index (χ1n) is 16.7. The molecule has 3 aromatic carbocycles. The van der Waals surface area contributed by atoms with E-state index in [1.54, 1.807) is 12.1 Å². The molecule has 1 saturated heterocycles. The van der Waals surface area contributed by atoms with Gasteiger partial charge in [0.05, 0.1) is 18.7 Å². The molecule has 2 aliphatic rings. The number of aromatic nitrogens is 1. The first kappa shape index (κ1) is 31.3. The Morgan fingerprint density at radius 2 is 1.60 bits per heavy atom. The summed E-state index contributed by atoms with van der Waals surface area (Å²) in [6.07, 6.45) is 6.64. The quantitative estimate of drug-likeness (QED) is 0.136. The van der Waals surface area contributed by atoms with Crippen molar-refractivity contribution in [2.45, 2.75) is 38.5 Å². The average Bonchev–Trinajstić information content (AvgIpc) is 3.58. The van der Waals surface area contributed by atoms with Crippen molar-refractivity contribution in [2.24, 2.45) is 0 Å². The van der Waals surface area contributed by atoms with Crippen molar-refractivity contribution in [3.05, 3.63) is 100 Å². The second kappa shape index (κ2) is 14.6. The second-order valence-corrected chi connectivity index (χ2v) is 13.2. The summed E-state index contributed by atoms with van der Waals surface area (Å²) in [5, 5.41) is 17.4. The minimum atomic E-state index is -0.682. The number of pyridine rings is 1. The summed E-state index contributed by atoms with van der Waals surface area (Å²) in [6.45, 7) is 7.21. The van der Waals surface area contributed by atoms with Gasteiger partial charge in [-0.25, -0.2) is 0 Å². The summed E-state index contributed by atoms with van der Waals surface area (Å²) in [7, 11) is 0. The average molecular weight is 651 g/mol. The second-order valence-electron chi connectivity index (χ2n) is 12.3. The van der Waals surface area contributed by atoms with Crippen LogP contribution in [0, 0.1) is 0 Å². The number of aliphatic hydroxyl groups excluding tert-OH is 1. The Labute approximate surface area is 279 Å². The Morgan fingerprint density at radius 3 is 2.45 bits per heavy atom. The van der Waals surface area contributed by atoms with Crippen molar-refractivity contribution in [3.8, 4) is 11.5 Å². The van der Waals surface area contributed by atoms with Gasteiger partial charge in [0.25, 0.3) is 5.56 Å². The molecule has 1 unspecified atom stereocenters. The molecule has 1 fully saturated rings. The van der Waals surface area contributed by atoms with Crippen LogP contribution < -0.4 is 25.2 Å². The Morgan fingerprint density at radius 1 is 0.830 bits per heavy atom. The highest BCUT2D eigenvalue weighted by atomic mass is 32.1. The van der Waals surface area contributed by atoms with E-state index in [-0.39, 0.29) is 5.56 Å². The molecule has 0 aliphatic carbocycles. The van der Waals surface area contributed by atoms with Crippen molar-refractivity contribution < 1.29 is 14.6 Å². The van der Waals surface area contributed by atoms with E-state index in [9.17, 15) is 9.90 Å². The number of ether oxygens (including phenoxy) is 2. The van der Waals surface area contributed by atoms with Gasteiger partial charge in [-0.05, 0) is 103 Å². The normalized spacial score (nSPS) is 16.4. The van der Waals surface area contributed by atoms with Gasteiger partial charge in [-0.2, -0.15) is 0 Å². The number of rotatable bonds is 13. The van der Waals surface area contributed by atoms with Gasteiger partial charge in [-0.3, -0.25) is 9.69 Å². The maximum Gasteiger partial charge on any atom is 0.251 e. The largest absolute Gasteiger partial charge is 0.494 e. The number of aryl methyl sites for hydroxylation is 1. The fourth-order valence-corrected chi connectivity index (χ4v) is 7.35. The maximum atomic E-state index is 12.8. The Balaban J connectivity index is 0.848. The van der Waals surface area contributed by atoms with E-state index in [2.05, 4.69) is 44.8 Å². The number of hydrogen-bond acceptors (Lipinski definition) is 8. The van der Waals surface area contributed by atoms with Crippen LogP contribution >= 0.6 is 11.3 Å². The number of thiophene rings is 1. The molecule has 1 atom stereocenters. The van der Waals surface area contributed by atoms with Gasteiger partial charge < -0.3 is 29.4 Å². The Kier molecular flexibility index (Phi) is 9.74. The van der Waals surface area contributed by atoms with Crippen LogP contribution in [0.15, 0.2) is 89.0 Å². The summed E-state index contributed by atoms with van der Waals surface area (Å²) in [6, 6.07) is 24.3. The monoisotopic (exact) mass is 650 g/mol. The molecule has 5 aromatic rings. The fraction of sp³-hybridized carbons (Fsp3) is 0.342. The molecule has 2 aromatic heterocycles. The summed E-state index contributed by atoms with van der Waals surface area (Å²) in [5.41, 5.74) is 4.14. The van der Waals surface area contributed by atoms with Gasteiger partial charge in [0.2, 0.25) is 0 Å². The molecule has 0 spiro atoms. The highest BCUT2D eigenvalue weighted by Crippen LogP contribution is 2.31. The molecular formula is C38H42N4O4S. The number of nitrogens with zero attached hydrogens (tertiary/aromatic N) is 3. The molecule has 47 heavy (non-hydrogen) atoms. The van der Waals surface area contributed by atoms with E-state index in [1.165, 1.54) is 15.8 Å². The van der Waals surface area contributed by atoms with Gasteiger partial charge in [0.1, 0.15) is 17.7 Å². The Hall–Kier alpha value is -4.31. The smallest absolute Gasteiger partial charge is 0.251 e. The first-order valence-corrected chi connectivity index (χ1v) is 17.6. The van der Waals surface area contributed by atoms with Gasteiger partial charge in [0.15, 0.2) is 0 Å². The van der Waals surface area contributed by atoms with Crippen molar-refractivity contribution >= 4 is 49.8 Å². The number of unbranched alkanes of at least 4 members (excludes halogenated alkanes) is 2. The SMILES string of the molecule is O=c1ccc2ccc(OCCCCN3CCN(c4cccc5sccc45)CC3)cc2n1CCCCOc1ccc2c(c1)NC(O)C=C2. The number of benzene rings is 3. The predicted octanol–water partition coefficient (Wildman–Crippen LogP) is 6.81. The van der Waals surface area contributed by atoms with Gasteiger partial charge in [-0.15, -0.1) is 11.3 Å². The zero-order valence-corrected chi connectivity index (χ0v) is 27.5. The third-order valence-corrected chi connectivity index (χ3v) is 10.0. The third kappa shape index (κ3) is 7.48. The van der Waals surface area contributed by atoms with E-state index in [0.717, 1.165) is 92.1 Å². The molecular weight excluding hydrogens is 609 g/mol. The first-order chi connectivity index (χ1) is 23.1. The standard InChI is InChI=1S/C38H42N4O4S/c43-37-14-10-28-8-12-30(26-33(28)39-37)45-24-4-2-18-42-35-27-31(13-9-29(35)11-15-38(42)44)46-23-3-1-17-40-19-21-41(22-20-40)34-6-5-7-36-32(34)16-25-47-36/h5-16,25-27,37,39,43H,1-4,17-24H2. The molecule has 244 valence electrons. The number of aliphatic hydroxyl groups is 1. The van der Waals surface area contributed by atoms with Crippen LogP contribution in [0.1, 0.15) is 31.2 Å². The van der Waals surface area contributed by atoms with E-state index >= 15 is 0 Å². The van der Waals surface area contributed by atoms with E-state index in [0.29, 0.717) is 19.8 Å². The fourth-order valence-electron chi connectivity index (χ4n) is 6.54. The molecule has 4 heterocycles. The van der Waals surface area contributed by atoms with E-state index < -0.39 is 6.23 Å². The molecule has 0 saturated carbocycles. The zero-order valence-electron chi connectivity index (χ0n) is 26.6. The molecule has 0 bridgehead atoms. The van der Waals surface area contributed by atoms with Crippen LogP contribution in [0.5, 0.6) is 11.5 Å². The van der Waals surface area contributed by atoms with Crippen molar-refractivity contribution in [2.75, 3.05) is 56.2 Å². The van der Waals surface area contributed by atoms with Crippen molar-refractivity contribution in [3.63, 3.8) is 0 Å². The number of fused-ring (bicyclic) bond motifs is 3. The molecule has 2 aliphatic heterocycles. The number of hydrogen-bond donors (Lipinski definition) is 2. The lowest BCUT2D eigenvalue weighted by molar-refractivity contribution is 0.239. The number of anilines is 2. The summed E-state index contributed by atoms with van der Waals surface area (Å²) in [4.78, 5) is 17.9. The van der Waals surface area contributed by atoms with Crippen LogP contribution in [-0.2, 0) is 6.54 Å². The van der Waals surface area contributed by atoms with Crippen molar-refractivity contribution in [1.29, 1.82) is 0 Å². The highest BCUT2D eigenvalue weighted by Gasteiger charge is 2.18. The van der Waals surface area contributed by atoms with Gasteiger partial charge >= 0.3 is 0 Å². The van der Waals surface area contributed by atoms with Gasteiger partial charge in [0, 0.05) is 72.4 Å². The van der Waals surface area contributed by atoms with Crippen LogP contribution in [0.3, 0.4) is 0 Å². The minimum Gasteiger partial charge on any atom is -0.494 e. The van der Waals surface area contributed by atoms with Crippen LogP contribution in [0.4, 0.5) is 11.4 Å². The highest BCUT2D eigenvalue weighted by molar-refractivity contribution is 7.17. The summed E-state index contributed by atoms with van der Waals surface area (Å²) >= 11 is 1.81. The third-order valence-electron chi connectivity index (χ3n) is 9.12. The van der Waals surface area contributed by atoms with Crippen LogP contribution in [0.2, 0.25) is 0 Å². The Bertz CT molecular complexity index is 1910. The molecule has 2 N–H and O–H groups in total. The van der Waals surface area contributed by atoms with E-state index in [1.807, 2.05) is 64.4 Å². The maximum absolute atomic E-state index is 12.8.